The van der Waals surface area contributed by atoms with Gasteiger partial charge in [0.15, 0.2) is 0 Å². The van der Waals surface area contributed by atoms with Crippen molar-refractivity contribution in [3.63, 3.8) is 0 Å². The molecule has 1 N–H and O–H groups in total. The van der Waals surface area contributed by atoms with Crippen molar-refractivity contribution in [2.24, 2.45) is 0 Å². The van der Waals surface area contributed by atoms with Gasteiger partial charge in [-0.3, -0.25) is 4.79 Å². The van der Waals surface area contributed by atoms with Gasteiger partial charge in [0.05, 0.1) is 16.3 Å². The Morgan fingerprint density at radius 3 is 2.71 bits per heavy atom. The van der Waals surface area contributed by atoms with Crippen molar-refractivity contribution in [1.29, 1.82) is 0 Å². The predicted octanol–water partition coefficient (Wildman–Crippen LogP) is 3.14. The van der Waals surface area contributed by atoms with Crippen LogP contribution in [0.1, 0.15) is 10.4 Å². The molecule has 0 radical (unpaired) electrons. The monoisotopic (exact) mass is 311 g/mol. The third-order valence-corrected chi connectivity index (χ3v) is 2.82. The summed E-state index contributed by atoms with van der Waals surface area (Å²) in [6.45, 7) is 0. The molecule has 0 unspecified atom stereocenters. The fourth-order valence-electron chi connectivity index (χ4n) is 1.20. The average Bonchev–Trinajstić information content (AvgIpc) is 2.35. The van der Waals surface area contributed by atoms with Crippen LogP contribution in [0.15, 0.2) is 41.4 Å². The van der Waals surface area contributed by atoms with Crippen LogP contribution in [0.4, 0.5) is 5.69 Å². The fraction of sp³-hybridized carbons (Fsp3) is 0. The Bertz CT molecular complexity index is 548. The van der Waals surface area contributed by atoms with Gasteiger partial charge in [-0.1, -0.05) is 27.5 Å². The molecule has 0 fully saturated rings. The summed E-state index contributed by atoms with van der Waals surface area (Å²) in [5, 5.41) is 3.16. The smallest absolute Gasteiger partial charge is 0.258 e. The zero-order valence-electron chi connectivity index (χ0n) is 8.52. The molecule has 6 heteroatoms. The zero-order valence-corrected chi connectivity index (χ0v) is 10.9. The number of nitrogens with zero attached hydrogens (tertiary/aromatic N) is 2. The van der Waals surface area contributed by atoms with Crippen LogP contribution < -0.4 is 5.32 Å². The number of carbonyl (C=O) groups is 1. The molecule has 0 aliphatic rings. The summed E-state index contributed by atoms with van der Waals surface area (Å²) in [6, 6.07) is 5.22. The van der Waals surface area contributed by atoms with Gasteiger partial charge < -0.3 is 5.32 Å². The minimum absolute atomic E-state index is 0.300. The van der Waals surface area contributed by atoms with Crippen molar-refractivity contribution < 1.29 is 4.79 Å². The number of halogens is 2. The summed E-state index contributed by atoms with van der Waals surface area (Å²) in [6.07, 6.45) is 4.24. The number of rotatable bonds is 2. The van der Waals surface area contributed by atoms with E-state index in [0.717, 1.165) is 4.47 Å². The number of nitrogens with one attached hydrogen (secondary N) is 1. The number of aromatic nitrogens is 2. The maximum absolute atomic E-state index is 11.8. The Labute approximate surface area is 111 Å². The van der Waals surface area contributed by atoms with Gasteiger partial charge in [0.2, 0.25) is 0 Å². The molecule has 1 amide bonds. The zero-order chi connectivity index (χ0) is 12.3. The fourth-order valence-corrected chi connectivity index (χ4v) is 1.73. The first kappa shape index (κ1) is 12.0. The van der Waals surface area contributed by atoms with Crippen molar-refractivity contribution in [2.75, 3.05) is 5.32 Å². The molecule has 0 saturated carbocycles. The summed E-state index contributed by atoms with van der Waals surface area (Å²) in [5.41, 5.74) is 0.915. The largest absolute Gasteiger partial charge is 0.320 e. The lowest BCUT2D eigenvalue weighted by Gasteiger charge is -2.07. The molecule has 17 heavy (non-hydrogen) atoms. The van der Waals surface area contributed by atoms with Gasteiger partial charge in [-0.2, -0.15) is 0 Å². The number of carbonyl (C=O) groups excluding carboxylic acids is 1. The molecule has 2 rings (SSSR count). The number of amides is 1. The number of hydrogen-bond acceptors (Lipinski definition) is 3. The number of benzene rings is 1. The van der Waals surface area contributed by atoms with E-state index in [4.69, 9.17) is 11.6 Å². The lowest BCUT2D eigenvalue weighted by atomic mass is 10.3. The third kappa shape index (κ3) is 3.01. The molecule has 2 aromatic rings. The Morgan fingerprint density at radius 1 is 1.29 bits per heavy atom. The summed E-state index contributed by atoms with van der Waals surface area (Å²) in [5.74, 6) is -0.300. The van der Waals surface area contributed by atoms with E-state index < -0.39 is 0 Å². The van der Waals surface area contributed by atoms with E-state index in [1.54, 1.807) is 18.2 Å². The summed E-state index contributed by atoms with van der Waals surface area (Å²) < 4.78 is 0.835. The highest BCUT2D eigenvalue weighted by molar-refractivity contribution is 9.10. The van der Waals surface area contributed by atoms with Crippen LogP contribution in [0.3, 0.4) is 0 Å². The molecule has 0 aliphatic carbocycles. The number of hydrogen-bond donors (Lipinski definition) is 1. The van der Waals surface area contributed by atoms with Crippen LogP contribution in [0.5, 0.6) is 0 Å². The van der Waals surface area contributed by atoms with E-state index in [2.05, 4.69) is 31.2 Å². The molecule has 0 spiro atoms. The van der Waals surface area contributed by atoms with Gasteiger partial charge in [-0.15, -0.1) is 0 Å². The van der Waals surface area contributed by atoms with E-state index >= 15 is 0 Å². The maximum atomic E-state index is 11.8. The molecular formula is C11H7BrClN3O. The summed E-state index contributed by atoms with van der Waals surface area (Å²) in [4.78, 5) is 19.4. The lowest BCUT2D eigenvalue weighted by molar-refractivity contribution is 0.102. The molecule has 86 valence electrons. The molecule has 0 atom stereocenters. The highest BCUT2D eigenvalue weighted by atomic mass is 79.9. The molecule has 1 aromatic carbocycles. The Morgan fingerprint density at radius 2 is 2.00 bits per heavy atom. The van der Waals surface area contributed by atoms with E-state index in [-0.39, 0.29) is 5.91 Å². The molecule has 1 heterocycles. The highest BCUT2D eigenvalue weighted by Crippen LogP contribution is 2.25. The van der Waals surface area contributed by atoms with Crippen molar-refractivity contribution in [3.05, 3.63) is 52.0 Å². The van der Waals surface area contributed by atoms with Gasteiger partial charge in [0.25, 0.3) is 5.91 Å². The van der Waals surface area contributed by atoms with Crippen LogP contribution >= 0.6 is 27.5 Å². The quantitative estimate of drug-likeness (QED) is 0.927. The molecule has 4 nitrogen and oxygen atoms in total. The first-order chi connectivity index (χ1) is 8.16. The molecular weight excluding hydrogens is 305 g/mol. The van der Waals surface area contributed by atoms with Gasteiger partial charge in [-0.05, 0) is 18.2 Å². The maximum Gasteiger partial charge on any atom is 0.258 e. The van der Waals surface area contributed by atoms with Gasteiger partial charge >= 0.3 is 0 Å². The molecule has 0 bridgehead atoms. The molecule has 1 aromatic heterocycles. The Balaban J connectivity index is 2.22. The molecule has 0 saturated heterocycles. The van der Waals surface area contributed by atoms with Crippen molar-refractivity contribution >= 4 is 39.1 Å². The minimum Gasteiger partial charge on any atom is -0.320 e. The first-order valence-corrected chi connectivity index (χ1v) is 5.85. The van der Waals surface area contributed by atoms with Gasteiger partial charge in [-0.25, -0.2) is 9.97 Å². The predicted molar refractivity (Wildman–Crippen MR) is 69.1 cm³/mol. The second kappa shape index (κ2) is 5.25. The summed E-state index contributed by atoms with van der Waals surface area (Å²) in [7, 11) is 0. The van der Waals surface area contributed by atoms with Crippen LogP contribution in [0.25, 0.3) is 0 Å². The highest BCUT2D eigenvalue weighted by Gasteiger charge is 2.09. The van der Waals surface area contributed by atoms with Gasteiger partial charge in [0, 0.05) is 16.9 Å². The van der Waals surface area contributed by atoms with Crippen molar-refractivity contribution in [1.82, 2.24) is 9.97 Å². The normalized spacial score (nSPS) is 10.0. The van der Waals surface area contributed by atoms with Crippen molar-refractivity contribution in [3.8, 4) is 0 Å². The number of anilines is 1. The average molecular weight is 313 g/mol. The second-order valence-corrected chi connectivity index (χ2v) is 4.53. The van der Waals surface area contributed by atoms with E-state index in [1.807, 2.05) is 0 Å². The van der Waals surface area contributed by atoms with Crippen LogP contribution in [0, 0.1) is 0 Å². The Hall–Kier alpha value is -1.46. The summed E-state index contributed by atoms with van der Waals surface area (Å²) >= 11 is 9.27. The van der Waals surface area contributed by atoms with Crippen LogP contribution in [-0.4, -0.2) is 15.9 Å². The van der Waals surface area contributed by atoms with Crippen molar-refractivity contribution in [2.45, 2.75) is 0 Å². The standard InChI is InChI=1S/C11H7BrClN3O/c12-8-1-2-9(13)10(3-8)16-11(17)7-4-14-6-15-5-7/h1-6H,(H,16,17). The third-order valence-electron chi connectivity index (χ3n) is 2.00. The first-order valence-electron chi connectivity index (χ1n) is 4.68. The second-order valence-electron chi connectivity index (χ2n) is 3.21. The van der Waals surface area contributed by atoms with Crippen LogP contribution in [0.2, 0.25) is 5.02 Å². The van der Waals surface area contributed by atoms with Gasteiger partial charge in [0.1, 0.15) is 6.33 Å². The SMILES string of the molecule is O=C(Nc1cc(Br)ccc1Cl)c1cncnc1. The molecule has 0 aliphatic heterocycles. The minimum atomic E-state index is -0.300. The topological polar surface area (TPSA) is 54.9 Å². The van der Waals surface area contributed by atoms with Crippen LogP contribution in [-0.2, 0) is 0 Å². The van der Waals surface area contributed by atoms with E-state index in [0.29, 0.717) is 16.3 Å². The Kier molecular flexibility index (Phi) is 3.71. The lowest BCUT2D eigenvalue weighted by Crippen LogP contribution is -2.12. The van der Waals surface area contributed by atoms with E-state index in [9.17, 15) is 4.79 Å². The van der Waals surface area contributed by atoms with E-state index in [1.165, 1.54) is 18.7 Å².